The van der Waals surface area contributed by atoms with E-state index in [0.717, 1.165) is 37.9 Å². The molecule has 1 aromatic carbocycles. The summed E-state index contributed by atoms with van der Waals surface area (Å²) >= 11 is 0. The summed E-state index contributed by atoms with van der Waals surface area (Å²) in [6.07, 6.45) is 9.15. The molecular formula is C24H22FN5O2. The van der Waals surface area contributed by atoms with E-state index in [-0.39, 0.29) is 22.8 Å². The fourth-order valence-electron chi connectivity index (χ4n) is 4.08. The van der Waals surface area contributed by atoms with Gasteiger partial charge in [0.15, 0.2) is 0 Å². The molecule has 3 aromatic rings. The third-order valence-electron chi connectivity index (χ3n) is 6.02. The molecule has 0 bridgehead atoms. The van der Waals surface area contributed by atoms with Crippen molar-refractivity contribution < 1.29 is 9.13 Å². The lowest BCUT2D eigenvalue weighted by molar-refractivity contribution is 0.171. The first kappa shape index (κ1) is 20.2. The lowest BCUT2D eigenvalue weighted by atomic mass is 10.0. The average molecular weight is 431 g/mol. The molecule has 1 saturated carbocycles. The second-order valence-electron chi connectivity index (χ2n) is 8.25. The Bertz CT molecular complexity index is 1220. The van der Waals surface area contributed by atoms with Crippen molar-refractivity contribution in [2.45, 2.75) is 37.7 Å². The van der Waals surface area contributed by atoms with Crippen molar-refractivity contribution in [3.8, 4) is 22.9 Å². The van der Waals surface area contributed by atoms with E-state index in [0.29, 0.717) is 11.7 Å². The minimum absolute atomic E-state index is 0.112. The third-order valence-corrected chi connectivity index (χ3v) is 6.02. The van der Waals surface area contributed by atoms with Crippen molar-refractivity contribution in [3.05, 3.63) is 70.2 Å². The number of aromatic amines is 1. The normalized spacial score (nSPS) is 16.6. The van der Waals surface area contributed by atoms with Gasteiger partial charge in [-0.3, -0.25) is 4.79 Å². The van der Waals surface area contributed by atoms with E-state index in [2.05, 4.69) is 19.9 Å². The van der Waals surface area contributed by atoms with E-state index in [1.54, 1.807) is 6.07 Å². The summed E-state index contributed by atoms with van der Waals surface area (Å²) in [7, 11) is 0. The SMILES string of the molecule is N#Cc1ccc(-c2c(OC3CCN(c4ncc(C5CC5)cn4)CC3)cc[nH]c2=O)c(F)c1. The number of pyridine rings is 1. The maximum atomic E-state index is 14.6. The molecule has 3 heterocycles. The monoisotopic (exact) mass is 431 g/mol. The van der Waals surface area contributed by atoms with Gasteiger partial charge in [0.2, 0.25) is 5.95 Å². The van der Waals surface area contributed by atoms with E-state index < -0.39 is 11.4 Å². The number of nitrogens with zero attached hydrogens (tertiary/aromatic N) is 4. The van der Waals surface area contributed by atoms with Crippen LogP contribution in [0.2, 0.25) is 0 Å². The minimum atomic E-state index is -0.632. The Labute approximate surface area is 184 Å². The highest BCUT2D eigenvalue weighted by Crippen LogP contribution is 2.39. The number of anilines is 1. The summed E-state index contributed by atoms with van der Waals surface area (Å²) in [6, 6.07) is 7.59. The zero-order chi connectivity index (χ0) is 22.1. The van der Waals surface area contributed by atoms with Crippen molar-refractivity contribution in [1.29, 1.82) is 5.26 Å². The summed E-state index contributed by atoms with van der Waals surface area (Å²) < 4.78 is 20.8. The standard InChI is InChI=1S/C24H22FN5O2/c25-20-11-15(12-26)1-4-19(20)22-21(5-8-27-23(22)31)32-18-6-9-30(10-7-18)24-28-13-17(14-29-24)16-2-3-16/h1,4-5,8,11,13-14,16,18H,2-3,6-7,9-10H2,(H,27,31). The van der Waals surface area contributed by atoms with Crippen molar-refractivity contribution in [3.63, 3.8) is 0 Å². The number of piperidine rings is 1. The number of hydrogen-bond acceptors (Lipinski definition) is 6. The van der Waals surface area contributed by atoms with Crippen molar-refractivity contribution in [1.82, 2.24) is 15.0 Å². The molecule has 1 aliphatic carbocycles. The first-order valence-corrected chi connectivity index (χ1v) is 10.8. The van der Waals surface area contributed by atoms with Crippen LogP contribution in [0.1, 0.15) is 42.7 Å². The minimum Gasteiger partial charge on any atom is -0.489 e. The zero-order valence-corrected chi connectivity index (χ0v) is 17.4. The summed E-state index contributed by atoms with van der Waals surface area (Å²) in [6.45, 7) is 1.47. The van der Waals surface area contributed by atoms with Crippen LogP contribution in [-0.4, -0.2) is 34.1 Å². The van der Waals surface area contributed by atoms with E-state index >= 15 is 0 Å². The van der Waals surface area contributed by atoms with Gasteiger partial charge < -0.3 is 14.6 Å². The number of ether oxygens (including phenoxy) is 1. The van der Waals surface area contributed by atoms with Gasteiger partial charge >= 0.3 is 0 Å². The van der Waals surface area contributed by atoms with Gasteiger partial charge in [-0.15, -0.1) is 0 Å². The lowest BCUT2D eigenvalue weighted by Crippen LogP contribution is -2.39. The highest BCUT2D eigenvalue weighted by Gasteiger charge is 2.26. The molecule has 8 heteroatoms. The number of nitrogens with one attached hydrogen (secondary N) is 1. The average Bonchev–Trinajstić information content (AvgIpc) is 3.66. The Balaban J connectivity index is 1.30. The Morgan fingerprint density at radius 2 is 1.88 bits per heavy atom. The molecule has 0 spiro atoms. The maximum Gasteiger partial charge on any atom is 0.259 e. The van der Waals surface area contributed by atoms with Crippen molar-refractivity contribution in [2.75, 3.05) is 18.0 Å². The van der Waals surface area contributed by atoms with Crippen LogP contribution < -0.4 is 15.2 Å². The van der Waals surface area contributed by atoms with Crippen molar-refractivity contribution in [2.24, 2.45) is 0 Å². The summed E-state index contributed by atoms with van der Waals surface area (Å²) in [5.74, 6) is 1.06. The van der Waals surface area contributed by atoms with E-state index in [1.165, 1.54) is 36.7 Å². The Morgan fingerprint density at radius 1 is 1.12 bits per heavy atom. The summed E-state index contributed by atoms with van der Waals surface area (Å²) in [4.78, 5) is 26.3. The van der Waals surface area contributed by atoms with Gasteiger partial charge in [0.05, 0.1) is 17.2 Å². The van der Waals surface area contributed by atoms with Crippen LogP contribution in [0.5, 0.6) is 5.75 Å². The fourth-order valence-corrected chi connectivity index (χ4v) is 4.08. The highest BCUT2D eigenvalue weighted by molar-refractivity contribution is 5.70. The topological polar surface area (TPSA) is 94.9 Å². The second-order valence-corrected chi connectivity index (χ2v) is 8.25. The molecule has 2 fully saturated rings. The molecule has 1 saturated heterocycles. The van der Waals surface area contributed by atoms with Crippen LogP contribution in [0.15, 0.2) is 47.7 Å². The molecule has 0 amide bonds. The molecule has 162 valence electrons. The van der Waals surface area contributed by atoms with Crippen LogP contribution >= 0.6 is 0 Å². The molecule has 5 rings (SSSR count). The van der Waals surface area contributed by atoms with Gasteiger partial charge in [-0.2, -0.15) is 5.26 Å². The van der Waals surface area contributed by atoms with Gasteiger partial charge in [-0.25, -0.2) is 14.4 Å². The van der Waals surface area contributed by atoms with E-state index in [4.69, 9.17) is 10.00 Å². The number of H-pyrrole nitrogens is 1. The number of halogens is 1. The number of nitriles is 1. The number of rotatable bonds is 5. The van der Waals surface area contributed by atoms with Crippen LogP contribution in [0.25, 0.3) is 11.1 Å². The maximum absolute atomic E-state index is 14.6. The third kappa shape index (κ3) is 4.06. The molecule has 0 radical (unpaired) electrons. The molecule has 2 aliphatic rings. The number of aromatic nitrogens is 3. The van der Waals surface area contributed by atoms with Gasteiger partial charge in [-0.05, 0) is 48.6 Å². The Kier molecular flexibility index (Phi) is 5.31. The first-order valence-electron chi connectivity index (χ1n) is 10.8. The summed E-state index contributed by atoms with van der Waals surface area (Å²) in [5.41, 5.74) is 1.22. The largest absolute Gasteiger partial charge is 0.489 e. The van der Waals surface area contributed by atoms with Crippen LogP contribution in [0.3, 0.4) is 0 Å². The second kappa shape index (κ2) is 8.42. The van der Waals surface area contributed by atoms with Gasteiger partial charge in [-0.1, -0.05) is 0 Å². The van der Waals surface area contributed by atoms with Crippen LogP contribution in [-0.2, 0) is 0 Å². The predicted octanol–water partition coefficient (Wildman–Crippen LogP) is 3.77. The fraction of sp³-hybridized carbons (Fsp3) is 0.333. The molecule has 0 unspecified atom stereocenters. The zero-order valence-electron chi connectivity index (χ0n) is 17.4. The first-order chi connectivity index (χ1) is 15.6. The molecule has 32 heavy (non-hydrogen) atoms. The van der Waals surface area contributed by atoms with E-state index in [9.17, 15) is 9.18 Å². The van der Waals surface area contributed by atoms with Gasteiger partial charge in [0.1, 0.15) is 17.7 Å². The number of hydrogen-bond donors (Lipinski definition) is 1. The molecule has 1 aliphatic heterocycles. The van der Waals surface area contributed by atoms with Crippen LogP contribution in [0, 0.1) is 17.1 Å². The highest BCUT2D eigenvalue weighted by atomic mass is 19.1. The molecule has 2 aromatic heterocycles. The quantitative estimate of drug-likeness (QED) is 0.661. The summed E-state index contributed by atoms with van der Waals surface area (Å²) in [5, 5.41) is 8.97. The van der Waals surface area contributed by atoms with Crippen molar-refractivity contribution >= 4 is 5.95 Å². The van der Waals surface area contributed by atoms with Crippen LogP contribution in [0.4, 0.5) is 10.3 Å². The molecule has 1 N–H and O–H groups in total. The van der Waals surface area contributed by atoms with E-state index in [1.807, 2.05) is 18.5 Å². The molecule has 0 atom stereocenters. The van der Waals surface area contributed by atoms with Gasteiger partial charge in [0.25, 0.3) is 5.56 Å². The Hall–Kier alpha value is -3.73. The smallest absolute Gasteiger partial charge is 0.259 e. The molecular weight excluding hydrogens is 409 g/mol. The Morgan fingerprint density at radius 3 is 2.53 bits per heavy atom. The molecule has 7 nitrogen and oxygen atoms in total. The predicted molar refractivity (Wildman–Crippen MR) is 117 cm³/mol. The lowest BCUT2D eigenvalue weighted by Gasteiger charge is -2.32. The van der Waals surface area contributed by atoms with Gasteiger partial charge in [0, 0.05) is 50.1 Å². The number of benzene rings is 1.